The fourth-order valence-electron chi connectivity index (χ4n) is 1.94. The highest BCUT2D eigenvalue weighted by molar-refractivity contribution is 9.11. The van der Waals surface area contributed by atoms with Crippen molar-refractivity contribution in [3.05, 3.63) is 22.2 Å². The summed E-state index contributed by atoms with van der Waals surface area (Å²) in [5, 5.41) is 0. The largest absolute Gasteiger partial charge is 0.299 e. The zero-order valence-electron chi connectivity index (χ0n) is 7.09. The molecule has 2 aliphatic carbocycles. The molecule has 0 aromatic carbocycles. The van der Waals surface area contributed by atoms with Crippen LogP contribution in [-0.4, -0.2) is 12.0 Å². The number of allylic oxidation sites excluding steroid dienone is 4. The van der Waals surface area contributed by atoms with Gasteiger partial charge in [-0.05, 0) is 12.5 Å². The number of rotatable bonds is 0. The predicted molar refractivity (Wildman–Crippen MR) is 52.3 cm³/mol. The summed E-state index contributed by atoms with van der Waals surface area (Å²) in [6.07, 6.45) is 4.30. The molecule has 0 saturated heterocycles. The summed E-state index contributed by atoms with van der Waals surface area (Å²) < 4.78 is 14.2. The van der Waals surface area contributed by atoms with Gasteiger partial charge in [-0.25, -0.2) is 4.39 Å². The molecule has 70 valence electrons. The number of hydrogen-bond donors (Lipinski definition) is 0. The standard InChI is InChI=1S/C10H10BrFO/c11-9-4-1-6-5-7(13)2-3-8(6)10(9)12/h1,4,8,10H,2-3,5H2. The van der Waals surface area contributed by atoms with Gasteiger partial charge >= 0.3 is 0 Å². The lowest BCUT2D eigenvalue weighted by atomic mass is 9.78. The number of carbonyl (C=O) groups excluding carboxylic acids is 1. The average Bonchev–Trinajstić information content (AvgIpc) is 2.12. The van der Waals surface area contributed by atoms with E-state index in [4.69, 9.17) is 0 Å². The van der Waals surface area contributed by atoms with E-state index in [1.165, 1.54) is 0 Å². The Bertz CT molecular complexity index is 306. The van der Waals surface area contributed by atoms with Crippen LogP contribution < -0.4 is 0 Å². The second-order valence-corrected chi connectivity index (χ2v) is 4.47. The van der Waals surface area contributed by atoms with Crippen LogP contribution in [0.4, 0.5) is 4.39 Å². The highest BCUT2D eigenvalue weighted by atomic mass is 79.9. The van der Waals surface area contributed by atoms with E-state index >= 15 is 0 Å². The fraction of sp³-hybridized carbons (Fsp3) is 0.500. The monoisotopic (exact) mass is 244 g/mol. The molecule has 0 aliphatic heterocycles. The van der Waals surface area contributed by atoms with Crippen molar-refractivity contribution in [2.75, 3.05) is 0 Å². The van der Waals surface area contributed by atoms with Crippen molar-refractivity contribution in [2.24, 2.45) is 5.92 Å². The number of carbonyl (C=O) groups is 1. The predicted octanol–water partition coefficient (Wildman–Crippen LogP) is 2.91. The lowest BCUT2D eigenvalue weighted by molar-refractivity contribution is -0.119. The summed E-state index contributed by atoms with van der Waals surface area (Å²) in [5.41, 5.74) is 0.965. The highest BCUT2D eigenvalue weighted by Crippen LogP contribution is 2.38. The summed E-state index contributed by atoms with van der Waals surface area (Å²) in [7, 11) is 0. The van der Waals surface area contributed by atoms with Gasteiger partial charge in [0.15, 0.2) is 0 Å². The number of halogens is 2. The summed E-state index contributed by atoms with van der Waals surface area (Å²) >= 11 is 3.19. The first-order valence-corrected chi connectivity index (χ1v) is 5.19. The van der Waals surface area contributed by atoms with Crippen LogP contribution in [0.25, 0.3) is 0 Å². The van der Waals surface area contributed by atoms with Crippen molar-refractivity contribution in [3.63, 3.8) is 0 Å². The van der Waals surface area contributed by atoms with Gasteiger partial charge in [-0.2, -0.15) is 0 Å². The van der Waals surface area contributed by atoms with Crippen molar-refractivity contribution in [1.82, 2.24) is 0 Å². The van der Waals surface area contributed by atoms with Gasteiger partial charge in [0.2, 0.25) is 0 Å². The first-order chi connectivity index (χ1) is 6.18. The molecule has 0 heterocycles. The molecule has 0 spiro atoms. The van der Waals surface area contributed by atoms with Crippen LogP contribution in [0.3, 0.4) is 0 Å². The molecule has 2 rings (SSSR count). The van der Waals surface area contributed by atoms with Gasteiger partial charge in [0.05, 0.1) is 0 Å². The molecule has 3 heteroatoms. The van der Waals surface area contributed by atoms with E-state index in [2.05, 4.69) is 15.9 Å². The molecule has 2 atom stereocenters. The zero-order chi connectivity index (χ0) is 9.42. The van der Waals surface area contributed by atoms with Crippen LogP contribution in [0.2, 0.25) is 0 Å². The minimum Gasteiger partial charge on any atom is -0.299 e. The van der Waals surface area contributed by atoms with Crippen molar-refractivity contribution < 1.29 is 9.18 Å². The number of ketones is 1. The highest BCUT2D eigenvalue weighted by Gasteiger charge is 2.33. The Hall–Kier alpha value is -0.440. The maximum Gasteiger partial charge on any atom is 0.138 e. The van der Waals surface area contributed by atoms with Gasteiger partial charge in [0.1, 0.15) is 12.0 Å². The Balaban J connectivity index is 2.26. The molecule has 1 fully saturated rings. The second kappa shape index (κ2) is 3.37. The third-order valence-electron chi connectivity index (χ3n) is 2.69. The third-order valence-corrected chi connectivity index (χ3v) is 3.39. The third kappa shape index (κ3) is 1.62. The number of fused-ring (bicyclic) bond motifs is 1. The van der Waals surface area contributed by atoms with Crippen molar-refractivity contribution in [3.8, 4) is 0 Å². The van der Waals surface area contributed by atoms with E-state index in [-0.39, 0.29) is 11.7 Å². The zero-order valence-corrected chi connectivity index (χ0v) is 8.68. The lowest BCUT2D eigenvalue weighted by Crippen LogP contribution is -2.27. The molecule has 0 radical (unpaired) electrons. The van der Waals surface area contributed by atoms with Gasteiger partial charge in [0, 0.05) is 23.2 Å². The van der Waals surface area contributed by atoms with Crippen LogP contribution in [0.5, 0.6) is 0 Å². The quantitative estimate of drug-likeness (QED) is 0.641. The van der Waals surface area contributed by atoms with Crippen LogP contribution in [0.15, 0.2) is 22.2 Å². The normalized spacial score (nSPS) is 33.5. The number of hydrogen-bond acceptors (Lipinski definition) is 1. The average molecular weight is 245 g/mol. The topological polar surface area (TPSA) is 17.1 Å². The molecule has 1 nitrogen and oxygen atoms in total. The van der Waals surface area contributed by atoms with E-state index < -0.39 is 6.17 Å². The summed E-state index contributed by atoms with van der Waals surface area (Å²) in [6, 6.07) is 0. The summed E-state index contributed by atoms with van der Waals surface area (Å²) in [4.78, 5) is 11.1. The minimum atomic E-state index is -0.937. The Labute approximate surface area is 84.8 Å². The molecule has 2 aliphatic rings. The van der Waals surface area contributed by atoms with Crippen molar-refractivity contribution >= 4 is 21.7 Å². The Morgan fingerprint density at radius 2 is 2.23 bits per heavy atom. The molecule has 2 unspecified atom stereocenters. The molecule has 0 aromatic rings. The second-order valence-electron chi connectivity index (χ2n) is 3.56. The first-order valence-electron chi connectivity index (χ1n) is 4.40. The van der Waals surface area contributed by atoms with Gasteiger partial charge in [-0.3, -0.25) is 4.79 Å². The Morgan fingerprint density at radius 1 is 1.46 bits per heavy atom. The van der Waals surface area contributed by atoms with E-state index in [1.54, 1.807) is 6.08 Å². The smallest absolute Gasteiger partial charge is 0.138 e. The van der Waals surface area contributed by atoms with Gasteiger partial charge in [0.25, 0.3) is 0 Å². The van der Waals surface area contributed by atoms with Gasteiger partial charge in [-0.1, -0.05) is 27.6 Å². The van der Waals surface area contributed by atoms with Crippen molar-refractivity contribution in [1.29, 1.82) is 0 Å². The minimum absolute atomic E-state index is 0.0583. The number of alkyl halides is 1. The molecule has 0 amide bonds. The first kappa shape index (κ1) is 9.13. The van der Waals surface area contributed by atoms with Gasteiger partial charge < -0.3 is 0 Å². The van der Waals surface area contributed by atoms with Crippen LogP contribution in [0.1, 0.15) is 19.3 Å². The number of Topliss-reactive ketones (excluding diaryl/α,β-unsaturated/α-hetero) is 1. The molecule has 1 saturated carbocycles. The molecular weight excluding hydrogens is 235 g/mol. The van der Waals surface area contributed by atoms with E-state index in [9.17, 15) is 9.18 Å². The van der Waals surface area contributed by atoms with Crippen molar-refractivity contribution in [2.45, 2.75) is 25.4 Å². The maximum absolute atomic E-state index is 13.6. The van der Waals surface area contributed by atoms with E-state index in [1.807, 2.05) is 6.08 Å². The lowest BCUT2D eigenvalue weighted by Gasteiger charge is -2.29. The fourth-order valence-corrected chi connectivity index (χ4v) is 2.39. The molecular formula is C10H10BrFO. The maximum atomic E-state index is 13.6. The summed E-state index contributed by atoms with van der Waals surface area (Å²) in [6.45, 7) is 0. The SMILES string of the molecule is O=C1CCC2C(=CC=C(Br)C2F)C1. The van der Waals surface area contributed by atoms with Gasteiger partial charge in [-0.15, -0.1) is 0 Å². The molecule has 13 heavy (non-hydrogen) atoms. The molecule has 0 bridgehead atoms. The van der Waals surface area contributed by atoms with E-state index in [0.29, 0.717) is 23.7 Å². The van der Waals surface area contributed by atoms with Crippen LogP contribution in [0, 0.1) is 5.92 Å². The molecule has 0 N–H and O–H groups in total. The Morgan fingerprint density at radius 3 is 3.00 bits per heavy atom. The van der Waals surface area contributed by atoms with E-state index in [0.717, 1.165) is 5.57 Å². The summed E-state index contributed by atoms with van der Waals surface area (Å²) in [5.74, 6) is 0.179. The van der Waals surface area contributed by atoms with Crippen LogP contribution in [-0.2, 0) is 4.79 Å². The molecule has 0 aromatic heterocycles. The Kier molecular flexibility index (Phi) is 2.37. The van der Waals surface area contributed by atoms with Crippen LogP contribution >= 0.6 is 15.9 Å².